The van der Waals surface area contributed by atoms with Crippen LogP contribution in [0.2, 0.25) is 0 Å². The predicted molar refractivity (Wildman–Crippen MR) is 119 cm³/mol. The highest BCUT2D eigenvalue weighted by molar-refractivity contribution is 7.89. The minimum Gasteiger partial charge on any atom is -0.326 e. The second-order valence-corrected chi connectivity index (χ2v) is 10.3. The van der Waals surface area contributed by atoms with Gasteiger partial charge in [0, 0.05) is 37.4 Å². The number of nitrogens with zero attached hydrogens (tertiary/aromatic N) is 2. The Bertz CT molecular complexity index is 1150. The van der Waals surface area contributed by atoms with Gasteiger partial charge in [0.2, 0.25) is 21.8 Å². The lowest BCUT2D eigenvalue weighted by molar-refractivity contribution is -0.122. The molecule has 0 radical (unpaired) electrons. The van der Waals surface area contributed by atoms with Crippen LogP contribution < -0.4 is 10.2 Å². The summed E-state index contributed by atoms with van der Waals surface area (Å²) in [5.41, 5.74) is 1.26. The van der Waals surface area contributed by atoms with E-state index in [0.29, 0.717) is 30.0 Å². The zero-order valence-corrected chi connectivity index (χ0v) is 18.7. The fraction of sp³-hybridized carbons (Fsp3) is 0.391. The maximum atomic E-state index is 13.9. The fourth-order valence-electron chi connectivity index (χ4n) is 4.12. The Morgan fingerprint density at radius 3 is 2.56 bits per heavy atom. The van der Waals surface area contributed by atoms with E-state index in [1.807, 2.05) is 0 Å². The molecule has 4 rings (SSSR count). The molecule has 2 amide bonds. The third-order valence-electron chi connectivity index (χ3n) is 6.02. The van der Waals surface area contributed by atoms with Crippen molar-refractivity contribution in [2.24, 2.45) is 5.92 Å². The van der Waals surface area contributed by atoms with E-state index < -0.39 is 21.8 Å². The number of anilines is 2. The maximum absolute atomic E-state index is 13.9. The van der Waals surface area contributed by atoms with Gasteiger partial charge in [-0.25, -0.2) is 12.8 Å². The molecule has 0 spiro atoms. The molecule has 1 N–H and O–H groups in total. The molecule has 0 aromatic heterocycles. The Hall–Kier alpha value is -2.78. The number of carbonyl (C=O) groups excluding carboxylic acids is 2. The summed E-state index contributed by atoms with van der Waals surface area (Å²) in [5.74, 6) is -1.65. The summed E-state index contributed by atoms with van der Waals surface area (Å²) in [6.07, 6.45) is 2.71. The van der Waals surface area contributed by atoms with Crippen LogP contribution in [0.25, 0.3) is 0 Å². The number of piperidine rings is 1. The minimum absolute atomic E-state index is 0.00704. The van der Waals surface area contributed by atoms with Gasteiger partial charge in [0.25, 0.3) is 0 Å². The van der Waals surface area contributed by atoms with E-state index in [9.17, 15) is 22.4 Å². The average Bonchev–Trinajstić information content (AvgIpc) is 3.18. The average molecular weight is 460 g/mol. The van der Waals surface area contributed by atoms with Crippen LogP contribution in [0.15, 0.2) is 47.4 Å². The Kier molecular flexibility index (Phi) is 6.30. The third-order valence-corrected chi connectivity index (χ3v) is 7.91. The smallest absolute Gasteiger partial charge is 0.243 e. The molecule has 2 fully saturated rings. The fourth-order valence-corrected chi connectivity index (χ4v) is 5.68. The summed E-state index contributed by atoms with van der Waals surface area (Å²) in [6.45, 7) is 2.77. The van der Waals surface area contributed by atoms with Crippen molar-refractivity contribution in [3.63, 3.8) is 0 Å². The number of halogens is 1. The third kappa shape index (κ3) is 4.54. The van der Waals surface area contributed by atoms with Gasteiger partial charge in [0.1, 0.15) is 5.82 Å². The van der Waals surface area contributed by atoms with Gasteiger partial charge >= 0.3 is 0 Å². The lowest BCUT2D eigenvalue weighted by atomic mass is 10.1. The Labute approximate surface area is 187 Å². The number of amides is 2. The zero-order valence-electron chi connectivity index (χ0n) is 17.9. The summed E-state index contributed by atoms with van der Waals surface area (Å²) in [7, 11) is -3.62. The molecule has 2 aromatic rings. The minimum atomic E-state index is -3.62. The molecule has 2 aromatic carbocycles. The molecule has 2 saturated heterocycles. The number of rotatable bonds is 5. The lowest BCUT2D eigenvalue weighted by Gasteiger charge is -2.26. The molecule has 2 aliphatic heterocycles. The van der Waals surface area contributed by atoms with Gasteiger partial charge in [-0.3, -0.25) is 9.59 Å². The largest absolute Gasteiger partial charge is 0.326 e. The molecule has 32 heavy (non-hydrogen) atoms. The first kappa shape index (κ1) is 22.4. The maximum Gasteiger partial charge on any atom is 0.243 e. The van der Waals surface area contributed by atoms with E-state index in [-0.39, 0.29) is 29.7 Å². The van der Waals surface area contributed by atoms with Gasteiger partial charge in [-0.2, -0.15) is 4.31 Å². The molecule has 2 aliphatic rings. The van der Waals surface area contributed by atoms with Gasteiger partial charge < -0.3 is 10.2 Å². The zero-order chi connectivity index (χ0) is 22.9. The highest BCUT2D eigenvalue weighted by atomic mass is 32.2. The molecule has 9 heteroatoms. The van der Waals surface area contributed by atoms with Gasteiger partial charge in [0.05, 0.1) is 10.8 Å². The van der Waals surface area contributed by atoms with Crippen molar-refractivity contribution in [1.29, 1.82) is 0 Å². The van der Waals surface area contributed by atoms with E-state index in [0.717, 1.165) is 19.3 Å². The van der Waals surface area contributed by atoms with Crippen molar-refractivity contribution in [3.8, 4) is 0 Å². The van der Waals surface area contributed by atoms with Crippen LogP contribution in [0.4, 0.5) is 15.8 Å². The first-order chi connectivity index (χ1) is 15.3. The van der Waals surface area contributed by atoms with Gasteiger partial charge in [-0.1, -0.05) is 18.6 Å². The van der Waals surface area contributed by atoms with Gasteiger partial charge in [-0.05, 0) is 55.7 Å². The molecule has 7 nitrogen and oxygen atoms in total. The standard InChI is InChI=1S/C23H26FN3O4S/c1-16-8-9-19(14-21(16)24)27-15-17(12-22(27)28)23(29)25-18-6-5-7-20(13-18)32(30,31)26-10-3-2-4-11-26/h5-9,13-14,17H,2-4,10-12,15H2,1H3,(H,25,29). The van der Waals surface area contributed by atoms with E-state index in [1.54, 1.807) is 31.2 Å². The molecule has 0 aliphatic carbocycles. The molecule has 1 atom stereocenters. The quantitative estimate of drug-likeness (QED) is 0.743. The molecular weight excluding hydrogens is 433 g/mol. The highest BCUT2D eigenvalue weighted by Crippen LogP contribution is 2.28. The second kappa shape index (κ2) is 8.99. The van der Waals surface area contributed by atoms with Gasteiger partial charge in [0.15, 0.2) is 0 Å². The topological polar surface area (TPSA) is 86.8 Å². The van der Waals surface area contributed by atoms with Crippen LogP contribution >= 0.6 is 0 Å². The first-order valence-corrected chi connectivity index (χ1v) is 12.2. The highest BCUT2D eigenvalue weighted by Gasteiger charge is 2.35. The Morgan fingerprint density at radius 1 is 1.09 bits per heavy atom. The van der Waals surface area contributed by atoms with Crippen molar-refractivity contribution in [2.75, 3.05) is 29.9 Å². The lowest BCUT2D eigenvalue weighted by Crippen LogP contribution is -2.35. The first-order valence-electron chi connectivity index (χ1n) is 10.7. The summed E-state index contributed by atoms with van der Waals surface area (Å²) in [5, 5.41) is 2.74. The normalized spacial score (nSPS) is 19.9. The number of nitrogens with one attached hydrogen (secondary N) is 1. The van der Waals surface area contributed by atoms with Crippen molar-refractivity contribution in [2.45, 2.75) is 37.5 Å². The number of sulfonamides is 1. The monoisotopic (exact) mass is 459 g/mol. The number of carbonyl (C=O) groups is 2. The van der Waals surface area contributed by atoms with E-state index in [4.69, 9.17) is 0 Å². The number of hydrogen-bond donors (Lipinski definition) is 1. The van der Waals surface area contributed by atoms with Crippen LogP contribution in [0, 0.1) is 18.7 Å². The molecular formula is C23H26FN3O4S. The van der Waals surface area contributed by atoms with E-state index >= 15 is 0 Å². The number of benzene rings is 2. The van der Waals surface area contributed by atoms with Crippen LogP contribution in [0.1, 0.15) is 31.2 Å². The number of aryl methyl sites for hydroxylation is 1. The van der Waals surface area contributed by atoms with Crippen molar-refractivity contribution in [3.05, 3.63) is 53.8 Å². The predicted octanol–water partition coefficient (Wildman–Crippen LogP) is 3.30. The van der Waals surface area contributed by atoms with Crippen molar-refractivity contribution < 1.29 is 22.4 Å². The molecule has 0 bridgehead atoms. The van der Waals surface area contributed by atoms with E-state index in [2.05, 4.69) is 5.32 Å². The van der Waals surface area contributed by atoms with Crippen molar-refractivity contribution >= 4 is 33.2 Å². The Balaban J connectivity index is 1.46. The van der Waals surface area contributed by atoms with Gasteiger partial charge in [-0.15, -0.1) is 0 Å². The summed E-state index contributed by atoms with van der Waals surface area (Å²) >= 11 is 0. The molecule has 0 saturated carbocycles. The Morgan fingerprint density at radius 2 is 1.84 bits per heavy atom. The van der Waals surface area contributed by atoms with Crippen molar-refractivity contribution in [1.82, 2.24) is 4.31 Å². The van der Waals surface area contributed by atoms with E-state index in [1.165, 1.54) is 27.4 Å². The summed E-state index contributed by atoms with van der Waals surface area (Å²) in [4.78, 5) is 26.8. The van der Waals surface area contributed by atoms with Crippen LogP contribution in [-0.2, 0) is 19.6 Å². The van der Waals surface area contributed by atoms with Crippen LogP contribution in [0.3, 0.4) is 0 Å². The summed E-state index contributed by atoms with van der Waals surface area (Å²) < 4.78 is 41.2. The second-order valence-electron chi connectivity index (χ2n) is 8.32. The molecule has 1 unspecified atom stereocenters. The van der Waals surface area contributed by atoms with Crippen LogP contribution in [-0.4, -0.2) is 44.2 Å². The molecule has 2 heterocycles. The SMILES string of the molecule is Cc1ccc(N2CC(C(=O)Nc3cccc(S(=O)(=O)N4CCCCC4)c3)CC2=O)cc1F. The summed E-state index contributed by atoms with van der Waals surface area (Å²) in [6, 6.07) is 10.7. The number of hydrogen-bond acceptors (Lipinski definition) is 4. The molecule has 170 valence electrons. The van der Waals surface area contributed by atoms with Crippen LogP contribution in [0.5, 0.6) is 0 Å².